The van der Waals surface area contributed by atoms with Crippen LogP contribution in [0.3, 0.4) is 0 Å². The summed E-state index contributed by atoms with van der Waals surface area (Å²) < 4.78 is 10.7. The first-order valence-corrected chi connectivity index (χ1v) is 13.7. The zero-order valence-electron chi connectivity index (χ0n) is 21.3. The molecule has 204 valence electrons. The molecule has 0 spiro atoms. The summed E-state index contributed by atoms with van der Waals surface area (Å²) in [6.07, 6.45) is 0.468. The third-order valence-electron chi connectivity index (χ3n) is 11.2. The lowest BCUT2D eigenvalue weighted by atomic mass is 9.44. The fourth-order valence-electron chi connectivity index (χ4n) is 9.22. The van der Waals surface area contributed by atoms with E-state index in [1.54, 1.807) is 0 Å². The average Bonchev–Trinajstić information content (AvgIpc) is 3.19. The maximum Gasteiger partial charge on any atom is 0.335 e. The molecule has 9 heteroatoms. The van der Waals surface area contributed by atoms with E-state index in [0.717, 1.165) is 57.8 Å². The quantitative estimate of drug-likeness (QED) is 0.370. The van der Waals surface area contributed by atoms with Gasteiger partial charge >= 0.3 is 5.97 Å². The number of carbonyl (C=O) groups excluding carboxylic acids is 1. The van der Waals surface area contributed by atoms with Gasteiger partial charge in [-0.1, -0.05) is 13.8 Å². The van der Waals surface area contributed by atoms with Crippen molar-refractivity contribution in [3.8, 4) is 0 Å². The molecular weight excluding hydrogens is 468 g/mol. The molecule has 1 heterocycles. The van der Waals surface area contributed by atoms with Crippen molar-refractivity contribution in [1.82, 2.24) is 0 Å². The number of hydrogen-bond acceptors (Lipinski definition) is 8. The van der Waals surface area contributed by atoms with Crippen LogP contribution < -0.4 is 0 Å². The number of carbonyl (C=O) groups is 2. The van der Waals surface area contributed by atoms with E-state index in [0.29, 0.717) is 23.7 Å². The molecule has 4 unspecified atom stereocenters. The van der Waals surface area contributed by atoms with E-state index in [9.17, 15) is 35.1 Å². The van der Waals surface area contributed by atoms with Gasteiger partial charge in [0.25, 0.3) is 0 Å². The largest absolute Gasteiger partial charge is 0.479 e. The number of aliphatic carboxylic acids is 1. The molecule has 0 aromatic heterocycles. The summed E-state index contributed by atoms with van der Waals surface area (Å²) in [7, 11) is 0. The van der Waals surface area contributed by atoms with Crippen LogP contribution in [-0.2, 0) is 19.1 Å². The van der Waals surface area contributed by atoms with Gasteiger partial charge in [0.2, 0.25) is 0 Å². The van der Waals surface area contributed by atoms with Crippen LogP contribution in [0, 0.1) is 40.4 Å². The lowest BCUT2D eigenvalue weighted by Crippen LogP contribution is -2.60. The Morgan fingerprint density at radius 2 is 1.56 bits per heavy atom. The highest BCUT2D eigenvalue weighted by Crippen LogP contribution is 2.67. The Balaban J connectivity index is 1.24. The Hall–Kier alpha value is -1.10. The number of aliphatic hydroxyl groups is 4. The number of carboxylic acid groups (broad SMARTS) is 1. The van der Waals surface area contributed by atoms with Crippen LogP contribution in [0.15, 0.2) is 0 Å². The summed E-state index contributed by atoms with van der Waals surface area (Å²) in [6.45, 7) is 4.35. The van der Waals surface area contributed by atoms with Crippen molar-refractivity contribution in [1.29, 1.82) is 0 Å². The molecule has 5 rings (SSSR count). The van der Waals surface area contributed by atoms with Crippen LogP contribution >= 0.6 is 0 Å². The highest BCUT2D eigenvalue weighted by molar-refractivity contribution is 5.83. The number of rotatable bonds is 5. The number of ketones is 1. The van der Waals surface area contributed by atoms with E-state index in [2.05, 4.69) is 13.8 Å². The molecule has 9 nitrogen and oxygen atoms in total. The summed E-state index contributed by atoms with van der Waals surface area (Å²) in [4.78, 5) is 24.7. The minimum absolute atomic E-state index is 0.0811. The molecule has 1 aliphatic heterocycles. The van der Waals surface area contributed by atoms with Gasteiger partial charge in [-0.2, -0.15) is 0 Å². The number of Topliss-reactive ketones (excluding diaryl/α,β-unsaturated/α-hetero) is 1. The van der Waals surface area contributed by atoms with Crippen LogP contribution in [0.25, 0.3) is 0 Å². The molecule has 13 atom stereocenters. The van der Waals surface area contributed by atoms with Gasteiger partial charge in [0.1, 0.15) is 24.9 Å². The van der Waals surface area contributed by atoms with Gasteiger partial charge < -0.3 is 35.0 Å². The molecule has 0 radical (unpaired) electrons. The molecule has 1 saturated heterocycles. The smallest absolute Gasteiger partial charge is 0.335 e. The predicted octanol–water partition coefficient (Wildman–Crippen LogP) is 1.48. The molecule has 4 saturated carbocycles. The van der Waals surface area contributed by atoms with Crippen LogP contribution in [0.4, 0.5) is 0 Å². The highest BCUT2D eigenvalue weighted by atomic mass is 16.7. The second kappa shape index (κ2) is 9.58. The molecule has 0 bridgehead atoms. The zero-order valence-corrected chi connectivity index (χ0v) is 21.3. The van der Waals surface area contributed by atoms with Gasteiger partial charge in [0, 0.05) is 5.92 Å². The van der Waals surface area contributed by atoms with Gasteiger partial charge in [0.05, 0.1) is 6.10 Å². The minimum Gasteiger partial charge on any atom is -0.479 e. The molecule has 5 fully saturated rings. The summed E-state index contributed by atoms with van der Waals surface area (Å²) in [5, 5.41) is 49.6. The maximum atomic E-state index is 13.4. The van der Waals surface area contributed by atoms with Gasteiger partial charge in [-0.15, -0.1) is 0 Å². The molecular formula is C27H42O9. The second-order valence-corrected chi connectivity index (χ2v) is 12.8. The minimum atomic E-state index is -1.79. The van der Waals surface area contributed by atoms with Crippen LogP contribution in [-0.4, -0.2) is 80.7 Å². The number of aliphatic hydroxyl groups excluding tert-OH is 4. The van der Waals surface area contributed by atoms with Crippen LogP contribution in [0.2, 0.25) is 0 Å². The maximum absolute atomic E-state index is 13.4. The molecule has 0 aromatic rings. The molecule has 5 aliphatic rings. The van der Waals surface area contributed by atoms with Gasteiger partial charge in [-0.25, -0.2) is 4.79 Å². The Morgan fingerprint density at radius 1 is 0.861 bits per heavy atom. The number of fused-ring (bicyclic) bond motifs is 5. The van der Waals surface area contributed by atoms with Crippen molar-refractivity contribution in [2.75, 3.05) is 6.61 Å². The van der Waals surface area contributed by atoms with Crippen molar-refractivity contribution in [3.63, 3.8) is 0 Å². The zero-order chi connectivity index (χ0) is 26.0. The van der Waals surface area contributed by atoms with E-state index in [1.165, 1.54) is 0 Å². The summed E-state index contributed by atoms with van der Waals surface area (Å²) in [6, 6.07) is 0. The highest BCUT2D eigenvalue weighted by Gasteiger charge is 2.61. The second-order valence-electron chi connectivity index (χ2n) is 12.8. The first-order valence-electron chi connectivity index (χ1n) is 13.7. The summed E-state index contributed by atoms with van der Waals surface area (Å²) in [5.74, 6) is 0.557. The molecule has 5 N–H and O–H groups in total. The van der Waals surface area contributed by atoms with Crippen molar-refractivity contribution in [3.05, 3.63) is 0 Å². The van der Waals surface area contributed by atoms with Gasteiger partial charge in [-0.05, 0) is 92.3 Å². The summed E-state index contributed by atoms with van der Waals surface area (Å²) >= 11 is 0. The first kappa shape index (κ1) is 26.5. The number of ether oxygens (including phenoxy) is 2. The SMILES string of the molecule is C[C@]12CCC3C(CC[C@@H]4C[C@H](O)CC[C@]34C)C1CC[C@@H]2C(=O)COC1O[C@H](C(=O)O)[C@@H](O)[C@@H](O)[C@H]1O. The molecule has 0 aromatic carbocycles. The van der Waals surface area contributed by atoms with Crippen molar-refractivity contribution < 1.29 is 44.6 Å². The Kier molecular flexibility index (Phi) is 7.05. The number of carboxylic acids is 1. The van der Waals surface area contributed by atoms with Crippen molar-refractivity contribution in [2.45, 2.75) is 108 Å². The topological polar surface area (TPSA) is 154 Å². The molecule has 4 aliphatic carbocycles. The standard InChI is InChI=1S/C27H42O9/c1-26-9-7-14(28)11-13(26)3-4-15-16-5-6-18(27(16,2)10-8-17(15)26)19(29)12-35-25-22(32)20(30)21(31)23(36-25)24(33)34/h13-18,20-23,25,28,30-32H,3-12H2,1-2H3,(H,33,34)/t13-,14-,15?,16?,17?,18-,20-,21+,22-,23+,25?,26+,27+/m1/s1. The molecule has 0 amide bonds. The first-order chi connectivity index (χ1) is 17.0. The van der Waals surface area contributed by atoms with Gasteiger partial charge in [-0.3, -0.25) is 4.79 Å². The third kappa shape index (κ3) is 4.14. The lowest BCUT2D eigenvalue weighted by Gasteiger charge is -2.60. The van der Waals surface area contributed by atoms with Crippen LogP contribution in [0.1, 0.15) is 71.6 Å². The monoisotopic (exact) mass is 510 g/mol. The van der Waals surface area contributed by atoms with Crippen molar-refractivity contribution in [2.24, 2.45) is 40.4 Å². The van der Waals surface area contributed by atoms with Gasteiger partial charge in [0.15, 0.2) is 18.2 Å². The number of hydrogen-bond donors (Lipinski definition) is 5. The van der Waals surface area contributed by atoms with E-state index in [4.69, 9.17) is 9.47 Å². The Morgan fingerprint density at radius 3 is 2.28 bits per heavy atom. The van der Waals surface area contributed by atoms with E-state index >= 15 is 0 Å². The van der Waals surface area contributed by atoms with Crippen molar-refractivity contribution >= 4 is 11.8 Å². The average molecular weight is 511 g/mol. The summed E-state index contributed by atoms with van der Waals surface area (Å²) in [5.41, 5.74) is 0.152. The Bertz CT molecular complexity index is 864. The predicted molar refractivity (Wildman–Crippen MR) is 127 cm³/mol. The normalized spacial score (nSPS) is 52.7. The van der Waals surface area contributed by atoms with E-state index < -0.39 is 36.7 Å². The molecule has 36 heavy (non-hydrogen) atoms. The van der Waals surface area contributed by atoms with Crippen LogP contribution in [0.5, 0.6) is 0 Å². The van der Waals surface area contributed by atoms with E-state index in [-0.39, 0.29) is 35.2 Å². The lowest BCUT2D eigenvalue weighted by molar-refractivity contribution is -0.292. The fourth-order valence-corrected chi connectivity index (χ4v) is 9.22. The Labute approximate surface area is 212 Å². The fraction of sp³-hybridized carbons (Fsp3) is 0.926. The van der Waals surface area contributed by atoms with E-state index in [1.807, 2.05) is 0 Å². The third-order valence-corrected chi connectivity index (χ3v) is 11.2.